The quantitative estimate of drug-likeness (QED) is 0.522. The molecule has 1 aromatic rings. The second kappa shape index (κ2) is 12.1. The molecule has 3 heterocycles. The predicted molar refractivity (Wildman–Crippen MR) is 151 cm³/mol. The lowest BCUT2D eigenvalue weighted by atomic mass is 10.0. The average Bonchev–Trinajstić information content (AvgIpc) is 3.30. The SMILES string of the molecule is CC(C)(C)OC(=O)N[C@H]1CCCCC/C=C\[C@@H]2C[C@H]2NC(=O)[C@@H]2C[C@@H](OC(=O)N3Cc4ccccc4C3)CN2C1=O. The summed E-state index contributed by atoms with van der Waals surface area (Å²) in [6.07, 6.45) is 7.66. The number of benzene rings is 1. The molecule has 0 radical (unpaired) electrons. The van der Waals surface area contributed by atoms with Gasteiger partial charge in [-0.3, -0.25) is 14.5 Å². The molecule has 2 fully saturated rings. The normalized spacial score (nSPS) is 29.2. The monoisotopic (exact) mass is 566 g/mol. The van der Waals surface area contributed by atoms with Crippen LogP contribution in [-0.4, -0.2) is 70.2 Å². The summed E-state index contributed by atoms with van der Waals surface area (Å²) in [5, 5.41) is 5.85. The molecular weight excluding hydrogens is 524 g/mol. The number of ether oxygens (including phenoxy) is 2. The zero-order valence-corrected chi connectivity index (χ0v) is 24.3. The molecule has 1 saturated heterocycles. The van der Waals surface area contributed by atoms with Crippen molar-refractivity contribution in [2.24, 2.45) is 5.92 Å². The van der Waals surface area contributed by atoms with E-state index in [0.29, 0.717) is 25.4 Å². The van der Waals surface area contributed by atoms with Gasteiger partial charge < -0.3 is 25.0 Å². The lowest BCUT2D eigenvalue weighted by molar-refractivity contribution is -0.140. The molecular formula is C31H42N4O6. The van der Waals surface area contributed by atoms with Crippen LogP contribution in [0.5, 0.6) is 0 Å². The second-order valence-corrected chi connectivity index (χ2v) is 12.7. The van der Waals surface area contributed by atoms with Gasteiger partial charge in [-0.25, -0.2) is 9.59 Å². The molecule has 1 aromatic carbocycles. The van der Waals surface area contributed by atoms with Crippen LogP contribution in [0.2, 0.25) is 0 Å². The largest absolute Gasteiger partial charge is 0.444 e. The van der Waals surface area contributed by atoms with Gasteiger partial charge in [-0.1, -0.05) is 49.3 Å². The molecule has 0 unspecified atom stereocenters. The average molecular weight is 567 g/mol. The standard InChI is InChI=1S/C31H42N4O6/c1-31(2,3)41-29(38)33-24-14-8-6-4-5-7-11-20-15-25(20)32-27(36)26-16-23(19-35(26)28(24)37)40-30(39)34-17-21-12-9-10-13-22(21)18-34/h7,9-13,20,23-26H,4-6,8,14-19H2,1-3H3,(H,32,36)(H,33,38)/b11-7-/t20-,23-,24+,25-,26+/m1/s1. The Morgan fingerprint density at radius 2 is 1.76 bits per heavy atom. The molecule has 10 nitrogen and oxygen atoms in total. The fourth-order valence-corrected chi connectivity index (χ4v) is 5.89. The second-order valence-electron chi connectivity index (χ2n) is 12.7. The van der Waals surface area contributed by atoms with Crippen LogP contribution < -0.4 is 10.6 Å². The topological polar surface area (TPSA) is 117 Å². The van der Waals surface area contributed by atoms with Gasteiger partial charge >= 0.3 is 12.2 Å². The molecule has 222 valence electrons. The van der Waals surface area contributed by atoms with Crippen molar-refractivity contribution in [3.05, 3.63) is 47.5 Å². The Labute approximate surface area is 241 Å². The van der Waals surface area contributed by atoms with Crippen LogP contribution in [0.1, 0.15) is 76.8 Å². The maximum atomic E-state index is 14.0. The van der Waals surface area contributed by atoms with E-state index >= 15 is 0 Å². The summed E-state index contributed by atoms with van der Waals surface area (Å²) >= 11 is 0. The van der Waals surface area contributed by atoms with Gasteiger partial charge in [0.15, 0.2) is 0 Å². The van der Waals surface area contributed by atoms with Crippen molar-refractivity contribution < 1.29 is 28.7 Å². The number of nitrogens with zero attached hydrogens (tertiary/aromatic N) is 2. The van der Waals surface area contributed by atoms with Crippen LogP contribution in [-0.2, 0) is 32.2 Å². The number of fused-ring (bicyclic) bond motifs is 3. The summed E-state index contributed by atoms with van der Waals surface area (Å²) in [7, 11) is 0. The lowest BCUT2D eigenvalue weighted by Gasteiger charge is -2.29. The van der Waals surface area contributed by atoms with Crippen LogP contribution in [0.25, 0.3) is 0 Å². The van der Waals surface area contributed by atoms with Crippen LogP contribution in [0.4, 0.5) is 9.59 Å². The highest BCUT2D eigenvalue weighted by molar-refractivity contribution is 5.92. The van der Waals surface area contributed by atoms with Gasteiger partial charge in [0.1, 0.15) is 23.8 Å². The number of carbonyl (C=O) groups excluding carboxylic acids is 4. The Balaban J connectivity index is 1.31. The zero-order valence-electron chi connectivity index (χ0n) is 24.3. The predicted octanol–water partition coefficient (Wildman–Crippen LogP) is 4.03. The summed E-state index contributed by atoms with van der Waals surface area (Å²) in [5.41, 5.74) is 1.45. The van der Waals surface area contributed by atoms with Gasteiger partial charge in [0.25, 0.3) is 0 Å². The lowest BCUT2D eigenvalue weighted by Crippen LogP contribution is -2.54. The van der Waals surface area contributed by atoms with Gasteiger partial charge in [0.05, 0.1) is 6.54 Å². The van der Waals surface area contributed by atoms with E-state index in [0.717, 1.165) is 43.2 Å². The summed E-state index contributed by atoms with van der Waals surface area (Å²) in [4.78, 5) is 56.3. The van der Waals surface area contributed by atoms with Gasteiger partial charge in [0.2, 0.25) is 11.8 Å². The fraction of sp³-hybridized carbons (Fsp3) is 0.613. The van der Waals surface area contributed by atoms with Crippen molar-refractivity contribution in [3.63, 3.8) is 0 Å². The Morgan fingerprint density at radius 3 is 2.46 bits per heavy atom. The molecule has 0 aromatic heterocycles. The Morgan fingerprint density at radius 1 is 1.02 bits per heavy atom. The minimum absolute atomic E-state index is 0.0428. The van der Waals surface area contributed by atoms with Crippen LogP contribution in [0.15, 0.2) is 36.4 Å². The first kappa shape index (κ1) is 29.0. The number of hydrogen-bond acceptors (Lipinski definition) is 6. The number of amides is 4. The van der Waals surface area contributed by atoms with E-state index in [-0.39, 0.29) is 30.8 Å². The summed E-state index contributed by atoms with van der Waals surface area (Å²) in [6, 6.07) is 6.28. The van der Waals surface area contributed by atoms with Gasteiger partial charge in [-0.2, -0.15) is 0 Å². The molecule has 5 rings (SSSR count). The van der Waals surface area contributed by atoms with Crippen molar-refractivity contribution >= 4 is 24.0 Å². The summed E-state index contributed by atoms with van der Waals surface area (Å²) in [5.74, 6) is -0.303. The van der Waals surface area contributed by atoms with Crippen molar-refractivity contribution in [2.45, 2.75) is 109 Å². The molecule has 0 bridgehead atoms. The highest BCUT2D eigenvalue weighted by Gasteiger charge is 2.46. The Kier molecular flexibility index (Phi) is 8.56. The maximum Gasteiger partial charge on any atom is 0.410 e. The number of nitrogens with one attached hydrogen (secondary N) is 2. The van der Waals surface area contributed by atoms with Gasteiger partial charge in [-0.05, 0) is 63.5 Å². The van der Waals surface area contributed by atoms with E-state index in [2.05, 4.69) is 22.8 Å². The van der Waals surface area contributed by atoms with E-state index in [1.807, 2.05) is 24.3 Å². The first-order valence-electron chi connectivity index (χ1n) is 14.9. The highest BCUT2D eigenvalue weighted by atomic mass is 16.6. The number of alkyl carbamates (subject to hydrolysis) is 1. The molecule has 1 aliphatic carbocycles. The third-order valence-electron chi connectivity index (χ3n) is 8.12. The minimum atomic E-state index is -0.850. The highest BCUT2D eigenvalue weighted by Crippen LogP contribution is 2.33. The Bertz CT molecular complexity index is 1170. The summed E-state index contributed by atoms with van der Waals surface area (Å²) in [6.45, 7) is 6.32. The van der Waals surface area contributed by atoms with Crippen molar-refractivity contribution in [1.82, 2.24) is 20.4 Å². The molecule has 3 aliphatic heterocycles. The molecule has 41 heavy (non-hydrogen) atoms. The molecule has 5 atom stereocenters. The number of hydrogen-bond donors (Lipinski definition) is 2. The third kappa shape index (κ3) is 7.40. The molecule has 0 spiro atoms. The van der Waals surface area contributed by atoms with E-state index in [4.69, 9.17) is 9.47 Å². The van der Waals surface area contributed by atoms with E-state index in [9.17, 15) is 19.2 Å². The molecule has 4 aliphatic rings. The van der Waals surface area contributed by atoms with Gasteiger partial charge in [-0.15, -0.1) is 0 Å². The molecule has 4 amide bonds. The van der Waals surface area contributed by atoms with E-state index < -0.39 is 36.0 Å². The minimum Gasteiger partial charge on any atom is -0.444 e. The third-order valence-corrected chi connectivity index (χ3v) is 8.12. The van der Waals surface area contributed by atoms with E-state index in [1.165, 1.54) is 4.90 Å². The number of allylic oxidation sites excluding steroid dienone is 1. The molecule has 10 heteroatoms. The van der Waals surface area contributed by atoms with Crippen molar-refractivity contribution in [3.8, 4) is 0 Å². The first-order chi connectivity index (χ1) is 19.6. The van der Waals surface area contributed by atoms with Crippen LogP contribution in [0.3, 0.4) is 0 Å². The van der Waals surface area contributed by atoms with Crippen molar-refractivity contribution in [2.75, 3.05) is 6.54 Å². The van der Waals surface area contributed by atoms with Crippen LogP contribution in [0, 0.1) is 5.92 Å². The smallest absolute Gasteiger partial charge is 0.410 e. The number of carbonyl (C=O) groups is 4. The molecule has 2 N–H and O–H groups in total. The van der Waals surface area contributed by atoms with Gasteiger partial charge in [0, 0.05) is 25.6 Å². The number of rotatable bonds is 2. The van der Waals surface area contributed by atoms with Crippen molar-refractivity contribution in [1.29, 1.82) is 0 Å². The molecule has 1 saturated carbocycles. The Hall–Kier alpha value is -3.56. The zero-order chi connectivity index (χ0) is 29.1. The maximum absolute atomic E-state index is 14.0. The summed E-state index contributed by atoms with van der Waals surface area (Å²) < 4.78 is 11.3. The van der Waals surface area contributed by atoms with Crippen LogP contribution >= 0.6 is 0 Å². The van der Waals surface area contributed by atoms with E-state index in [1.54, 1.807) is 25.7 Å². The first-order valence-corrected chi connectivity index (χ1v) is 14.9. The fourth-order valence-electron chi connectivity index (χ4n) is 5.89.